The van der Waals surface area contributed by atoms with E-state index < -0.39 is 0 Å². The van der Waals surface area contributed by atoms with Gasteiger partial charge in [-0.05, 0) is 55.3 Å². The SMILES string of the molecule is Cc1cnc(-c2cccc3c2oc2c3cc3c4ccccc4n4c5ccccc5c2c34)cc1C. The van der Waals surface area contributed by atoms with Crippen LogP contribution in [0.25, 0.3) is 71.3 Å². The van der Waals surface area contributed by atoms with E-state index in [1.165, 1.54) is 49.2 Å². The smallest absolute Gasteiger partial charge is 0.145 e. The summed E-state index contributed by atoms with van der Waals surface area (Å²) in [5, 5.41) is 7.25. The number of rotatable bonds is 1. The van der Waals surface area contributed by atoms with Crippen LogP contribution in [-0.4, -0.2) is 9.38 Å². The summed E-state index contributed by atoms with van der Waals surface area (Å²) < 4.78 is 9.17. The number of aromatic nitrogens is 2. The Morgan fingerprint density at radius 1 is 0.647 bits per heavy atom. The van der Waals surface area contributed by atoms with Crippen LogP contribution in [0.3, 0.4) is 0 Å². The molecule has 3 nitrogen and oxygen atoms in total. The monoisotopic (exact) mass is 436 g/mol. The van der Waals surface area contributed by atoms with Gasteiger partial charge >= 0.3 is 0 Å². The Kier molecular flexibility index (Phi) is 3.27. The highest BCUT2D eigenvalue weighted by molar-refractivity contribution is 6.33. The summed E-state index contributed by atoms with van der Waals surface area (Å²) in [6, 6.07) is 28.2. The minimum Gasteiger partial charge on any atom is -0.455 e. The van der Waals surface area contributed by atoms with E-state index in [1.54, 1.807) is 0 Å². The summed E-state index contributed by atoms with van der Waals surface area (Å²) in [5.74, 6) is 0. The molecule has 0 N–H and O–H groups in total. The number of para-hydroxylation sites is 3. The van der Waals surface area contributed by atoms with Crippen LogP contribution in [0.15, 0.2) is 89.5 Å². The van der Waals surface area contributed by atoms with Crippen molar-refractivity contribution in [1.29, 1.82) is 0 Å². The Morgan fingerprint density at radius 3 is 2.21 bits per heavy atom. The minimum atomic E-state index is 0.900. The van der Waals surface area contributed by atoms with Gasteiger partial charge in [-0.1, -0.05) is 48.5 Å². The molecule has 0 saturated carbocycles. The first-order chi connectivity index (χ1) is 16.7. The van der Waals surface area contributed by atoms with Gasteiger partial charge in [-0.2, -0.15) is 0 Å². The third-order valence-electron chi connectivity index (χ3n) is 7.48. The highest BCUT2D eigenvalue weighted by Gasteiger charge is 2.23. The molecular formula is C31H20N2O. The third-order valence-corrected chi connectivity index (χ3v) is 7.48. The first kappa shape index (κ1) is 18.1. The maximum atomic E-state index is 6.77. The first-order valence-electron chi connectivity index (χ1n) is 11.7. The molecule has 0 atom stereocenters. The highest BCUT2D eigenvalue weighted by Crippen LogP contribution is 2.46. The molecule has 34 heavy (non-hydrogen) atoms. The van der Waals surface area contributed by atoms with Crippen LogP contribution in [0, 0.1) is 13.8 Å². The topological polar surface area (TPSA) is 30.4 Å². The van der Waals surface area contributed by atoms with Crippen molar-refractivity contribution >= 4 is 60.0 Å². The molecule has 8 rings (SSSR count). The van der Waals surface area contributed by atoms with Crippen molar-refractivity contribution in [1.82, 2.24) is 9.38 Å². The van der Waals surface area contributed by atoms with Gasteiger partial charge in [-0.3, -0.25) is 4.98 Å². The molecule has 0 bridgehead atoms. The van der Waals surface area contributed by atoms with Crippen LogP contribution in [0.5, 0.6) is 0 Å². The highest BCUT2D eigenvalue weighted by atomic mass is 16.3. The Balaban J connectivity index is 1.62. The van der Waals surface area contributed by atoms with Crippen molar-refractivity contribution < 1.29 is 4.42 Å². The van der Waals surface area contributed by atoms with Gasteiger partial charge in [0.2, 0.25) is 0 Å². The zero-order valence-corrected chi connectivity index (χ0v) is 18.9. The van der Waals surface area contributed by atoms with Crippen LogP contribution in [0.2, 0.25) is 0 Å². The lowest BCUT2D eigenvalue weighted by atomic mass is 10.0. The Labute approximate surface area is 195 Å². The number of aryl methyl sites for hydroxylation is 2. The second kappa shape index (κ2) is 6.15. The van der Waals surface area contributed by atoms with Crippen LogP contribution < -0.4 is 0 Å². The molecule has 0 aliphatic carbocycles. The molecule has 3 heteroatoms. The van der Waals surface area contributed by atoms with Crippen molar-refractivity contribution in [3.05, 3.63) is 96.2 Å². The van der Waals surface area contributed by atoms with Crippen molar-refractivity contribution in [2.24, 2.45) is 0 Å². The molecule has 4 aromatic carbocycles. The molecule has 0 fully saturated rings. The summed E-state index contributed by atoms with van der Waals surface area (Å²) in [6.07, 6.45) is 1.95. The molecule has 0 aliphatic heterocycles. The van der Waals surface area contributed by atoms with Crippen LogP contribution in [0.1, 0.15) is 11.1 Å². The van der Waals surface area contributed by atoms with Crippen molar-refractivity contribution in [3.63, 3.8) is 0 Å². The molecular weight excluding hydrogens is 416 g/mol. The predicted octanol–water partition coefficient (Wildman–Crippen LogP) is 8.41. The number of benzene rings is 4. The van der Waals surface area contributed by atoms with Gasteiger partial charge in [0.05, 0.1) is 27.6 Å². The number of furan rings is 1. The maximum absolute atomic E-state index is 6.77. The van der Waals surface area contributed by atoms with Gasteiger partial charge < -0.3 is 8.82 Å². The summed E-state index contributed by atoms with van der Waals surface area (Å²) in [7, 11) is 0. The van der Waals surface area contributed by atoms with E-state index in [2.05, 4.69) is 97.1 Å². The zero-order valence-electron chi connectivity index (χ0n) is 18.9. The number of hydrogen-bond acceptors (Lipinski definition) is 2. The average Bonchev–Trinajstić information content (AvgIpc) is 3.51. The number of hydrogen-bond donors (Lipinski definition) is 0. The maximum Gasteiger partial charge on any atom is 0.145 e. The molecule has 8 aromatic rings. The van der Waals surface area contributed by atoms with Crippen molar-refractivity contribution in [2.45, 2.75) is 13.8 Å². The zero-order chi connectivity index (χ0) is 22.6. The summed E-state index contributed by atoms with van der Waals surface area (Å²) in [5.41, 5.74) is 9.95. The van der Waals surface area contributed by atoms with Crippen molar-refractivity contribution in [3.8, 4) is 11.3 Å². The molecule has 4 heterocycles. The van der Waals surface area contributed by atoms with Gasteiger partial charge in [0.1, 0.15) is 11.2 Å². The van der Waals surface area contributed by atoms with E-state index in [1.807, 2.05) is 6.20 Å². The largest absolute Gasteiger partial charge is 0.455 e. The Hall–Kier alpha value is -4.37. The molecule has 0 radical (unpaired) electrons. The standard InChI is InChI=1S/C31H20N2O/c1-17-14-25(32-16-18(17)2)21-11-7-10-20-24-15-23-19-8-3-5-12-26(19)33-27-13-6-4-9-22(27)28(29(23)33)31(24)34-30(20)21/h3-16H,1-2H3. The quantitative estimate of drug-likeness (QED) is 0.258. The average molecular weight is 437 g/mol. The lowest BCUT2D eigenvalue weighted by molar-refractivity contribution is 0.674. The fraction of sp³-hybridized carbons (Fsp3) is 0.0645. The lowest BCUT2D eigenvalue weighted by Crippen LogP contribution is -1.88. The second-order valence-electron chi connectivity index (χ2n) is 9.33. The minimum absolute atomic E-state index is 0.900. The molecule has 0 saturated heterocycles. The Morgan fingerprint density at radius 2 is 1.38 bits per heavy atom. The third kappa shape index (κ3) is 2.10. The normalized spacial score (nSPS) is 12.4. The molecule has 0 amide bonds. The fourth-order valence-corrected chi connectivity index (χ4v) is 5.73. The van der Waals surface area contributed by atoms with Gasteiger partial charge in [-0.25, -0.2) is 0 Å². The number of pyridine rings is 1. The molecule has 0 aliphatic rings. The van der Waals surface area contributed by atoms with E-state index in [0.717, 1.165) is 33.2 Å². The summed E-state index contributed by atoms with van der Waals surface area (Å²) >= 11 is 0. The predicted molar refractivity (Wildman–Crippen MR) is 141 cm³/mol. The van der Waals surface area contributed by atoms with Crippen molar-refractivity contribution in [2.75, 3.05) is 0 Å². The molecule has 0 unspecified atom stereocenters. The van der Waals surface area contributed by atoms with Gasteiger partial charge in [0, 0.05) is 38.7 Å². The first-order valence-corrected chi connectivity index (χ1v) is 11.7. The lowest BCUT2D eigenvalue weighted by Gasteiger charge is -2.05. The molecule has 0 spiro atoms. The van der Waals surface area contributed by atoms with E-state index in [-0.39, 0.29) is 0 Å². The van der Waals surface area contributed by atoms with E-state index in [4.69, 9.17) is 9.40 Å². The summed E-state index contributed by atoms with van der Waals surface area (Å²) in [4.78, 5) is 4.74. The van der Waals surface area contributed by atoms with E-state index in [0.29, 0.717) is 0 Å². The van der Waals surface area contributed by atoms with Crippen LogP contribution in [0.4, 0.5) is 0 Å². The Bertz CT molecular complexity index is 2090. The number of fused-ring (bicyclic) bond motifs is 10. The van der Waals surface area contributed by atoms with Gasteiger partial charge in [-0.15, -0.1) is 0 Å². The second-order valence-corrected chi connectivity index (χ2v) is 9.33. The van der Waals surface area contributed by atoms with Crippen LogP contribution >= 0.6 is 0 Å². The van der Waals surface area contributed by atoms with Crippen LogP contribution in [-0.2, 0) is 0 Å². The van der Waals surface area contributed by atoms with E-state index in [9.17, 15) is 0 Å². The van der Waals surface area contributed by atoms with Gasteiger partial charge in [0.25, 0.3) is 0 Å². The van der Waals surface area contributed by atoms with E-state index >= 15 is 0 Å². The molecule has 4 aromatic heterocycles. The summed E-state index contributed by atoms with van der Waals surface area (Å²) in [6.45, 7) is 4.23. The number of nitrogens with zero attached hydrogens (tertiary/aromatic N) is 2. The molecule has 160 valence electrons. The van der Waals surface area contributed by atoms with Gasteiger partial charge in [0.15, 0.2) is 0 Å². The fourth-order valence-electron chi connectivity index (χ4n) is 5.73.